The number of aromatic nitrogens is 2. The van der Waals surface area contributed by atoms with Crippen molar-refractivity contribution in [3.63, 3.8) is 0 Å². The fraction of sp³-hybridized carbons (Fsp3) is 0.459. The number of fused-ring (bicyclic) bond motifs is 4. The lowest BCUT2D eigenvalue weighted by molar-refractivity contribution is -0.00521. The number of terminal acetylenes is 1. The van der Waals surface area contributed by atoms with Crippen LogP contribution in [0.25, 0.3) is 32.8 Å². The topological polar surface area (TPSA) is 85.8 Å². The molecule has 2 atom stereocenters. The van der Waals surface area contributed by atoms with Gasteiger partial charge in [0.1, 0.15) is 22.9 Å². The lowest BCUT2D eigenvalue weighted by Gasteiger charge is -2.49. The van der Waals surface area contributed by atoms with Crippen LogP contribution >= 0.6 is 0 Å². The number of phenols is 1. The van der Waals surface area contributed by atoms with E-state index in [1.54, 1.807) is 24.3 Å². The predicted molar refractivity (Wildman–Crippen MR) is 178 cm³/mol. The summed E-state index contributed by atoms with van der Waals surface area (Å²) in [5.74, 6) is 1.40. The van der Waals surface area contributed by atoms with Gasteiger partial charge in [0.25, 0.3) is 0 Å². The fourth-order valence-corrected chi connectivity index (χ4v) is 8.71. The first-order valence-corrected chi connectivity index (χ1v) is 16.8. The Bertz CT molecular complexity index is 1950. The van der Waals surface area contributed by atoms with Crippen molar-refractivity contribution in [2.24, 2.45) is 10.8 Å². The molecule has 3 N–H and O–H groups in total. The van der Waals surface area contributed by atoms with Crippen LogP contribution in [-0.2, 0) is 0 Å². The van der Waals surface area contributed by atoms with Gasteiger partial charge in [0, 0.05) is 84.1 Å². The van der Waals surface area contributed by atoms with Crippen LogP contribution in [0.2, 0.25) is 0 Å². The Kier molecular flexibility index (Phi) is 6.66. The largest absolute Gasteiger partial charge is 0.508 e. The average Bonchev–Trinajstić information content (AvgIpc) is 3.47. The second kappa shape index (κ2) is 10.7. The molecule has 10 heteroatoms. The number of rotatable bonds is 7. The summed E-state index contributed by atoms with van der Waals surface area (Å²) in [4.78, 5) is 14.1. The molecule has 8 nitrogen and oxygen atoms in total. The monoisotopic (exact) mass is 636 g/mol. The highest BCUT2D eigenvalue weighted by Crippen LogP contribution is 2.49. The Morgan fingerprint density at radius 1 is 1.06 bits per heavy atom. The second-order valence-corrected chi connectivity index (χ2v) is 14.7. The minimum atomic E-state index is -0.831. The number of nitrogens with one attached hydrogen (secondary N) is 2. The first-order chi connectivity index (χ1) is 22.8. The maximum Gasteiger partial charge on any atom is 0.319 e. The van der Waals surface area contributed by atoms with E-state index >= 15 is 8.78 Å². The van der Waals surface area contributed by atoms with Crippen LogP contribution in [0, 0.1) is 34.8 Å². The maximum absolute atomic E-state index is 16.9. The van der Waals surface area contributed by atoms with E-state index in [0.29, 0.717) is 64.7 Å². The molecule has 4 aliphatic heterocycles. The number of piperazine rings is 1. The smallest absolute Gasteiger partial charge is 0.319 e. The van der Waals surface area contributed by atoms with Crippen molar-refractivity contribution in [2.45, 2.75) is 44.2 Å². The van der Waals surface area contributed by atoms with E-state index in [9.17, 15) is 5.11 Å². The highest BCUT2D eigenvalue weighted by molar-refractivity contribution is 6.04. The van der Waals surface area contributed by atoms with Gasteiger partial charge < -0.3 is 30.3 Å². The third kappa shape index (κ3) is 4.98. The number of hydrogen-bond donors (Lipinski definition) is 3. The van der Waals surface area contributed by atoms with E-state index in [4.69, 9.17) is 16.1 Å². The molecule has 47 heavy (non-hydrogen) atoms. The highest BCUT2D eigenvalue weighted by Gasteiger charge is 2.51. The molecule has 1 spiro atoms. The van der Waals surface area contributed by atoms with Gasteiger partial charge in [-0.25, -0.2) is 8.78 Å². The lowest BCUT2D eigenvalue weighted by Crippen LogP contribution is -2.58. The maximum atomic E-state index is 16.9. The van der Waals surface area contributed by atoms with Crippen LogP contribution < -0.4 is 20.3 Å². The Morgan fingerprint density at radius 3 is 2.60 bits per heavy atom. The van der Waals surface area contributed by atoms with Gasteiger partial charge in [0.05, 0.1) is 12.2 Å². The van der Waals surface area contributed by atoms with Gasteiger partial charge in [-0.1, -0.05) is 18.1 Å². The number of ether oxygens (including phenoxy) is 1. The molecular weight excluding hydrogens is 598 g/mol. The van der Waals surface area contributed by atoms with Crippen LogP contribution in [0.4, 0.5) is 14.6 Å². The van der Waals surface area contributed by atoms with E-state index in [1.165, 1.54) is 18.6 Å². The number of likely N-dealkylation sites (tertiary alicyclic amines) is 1. The number of benzene rings is 3. The Morgan fingerprint density at radius 2 is 1.87 bits per heavy atom. The van der Waals surface area contributed by atoms with Gasteiger partial charge in [-0.2, -0.15) is 9.97 Å². The molecule has 5 aliphatic rings. The number of halogens is 2. The summed E-state index contributed by atoms with van der Waals surface area (Å²) in [6.07, 6.45) is 11.3. The molecule has 2 bridgehead atoms. The molecule has 1 saturated carbocycles. The van der Waals surface area contributed by atoms with Gasteiger partial charge >= 0.3 is 6.01 Å². The van der Waals surface area contributed by atoms with Crippen molar-refractivity contribution in [3.05, 3.63) is 53.6 Å². The zero-order valence-corrected chi connectivity index (χ0v) is 26.3. The van der Waals surface area contributed by atoms with Crippen LogP contribution in [0.3, 0.4) is 0 Å². The van der Waals surface area contributed by atoms with Gasteiger partial charge in [0.15, 0.2) is 5.82 Å². The SMILES string of the molecule is C#Cc1cccc2cc(O)cc(-c3c(F)cc4c(N5CC6CCC(C5)N6)nc(OCC5(CN6CC7(CCNC7)C6)CC5)nc4c3F)c12. The van der Waals surface area contributed by atoms with Crippen LogP contribution in [0.15, 0.2) is 36.4 Å². The van der Waals surface area contributed by atoms with E-state index in [1.807, 2.05) is 0 Å². The Labute approximate surface area is 272 Å². The number of nitrogens with zero attached hydrogens (tertiary/aromatic N) is 4. The van der Waals surface area contributed by atoms with Gasteiger partial charge in [0.2, 0.25) is 0 Å². The molecule has 1 aromatic heterocycles. The summed E-state index contributed by atoms with van der Waals surface area (Å²) in [5.41, 5.74) is 0.831. The summed E-state index contributed by atoms with van der Waals surface area (Å²) in [5, 5.41) is 19.1. The molecule has 9 rings (SSSR count). The number of phenolic OH excluding ortho intramolecular Hbond substituents is 1. The van der Waals surface area contributed by atoms with E-state index in [0.717, 1.165) is 58.4 Å². The lowest BCUT2D eigenvalue weighted by atomic mass is 9.78. The van der Waals surface area contributed by atoms with Crippen molar-refractivity contribution >= 4 is 27.5 Å². The van der Waals surface area contributed by atoms with Gasteiger partial charge in [-0.05, 0) is 68.3 Å². The van der Waals surface area contributed by atoms with Crippen LogP contribution in [0.5, 0.6) is 11.8 Å². The normalized spacial score (nSPS) is 24.1. The molecule has 5 heterocycles. The third-order valence-corrected chi connectivity index (χ3v) is 11.2. The van der Waals surface area contributed by atoms with Crippen molar-refractivity contribution in [3.8, 4) is 35.2 Å². The van der Waals surface area contributed by atoms with Crippen LogP contribution in [-0.4, -0.2) is 84.5 Å². The molecule has 0 radical (unpaired) electrons. The summed E-state index contributed by atoms with van der Waals surface area (Å²) < 4.78 is 39.5. The molecule has 3 aromatic carbocycles. The molecule has 242 valence electrons. The molecular formula is C37H38F2N6O2. The fourth-order valence-electron chi connectivity index (χ4n) is 8.71. The zero-order chi connectivity index (χ0) is 31.9. The minimum absolute atomic E-state index is 0.00905. The van der Waals surface area contributed by atoms with E-state index < -0.39 is 11.6 Å². The van der Waals surface area contributed by atoms with E-state index in [2.05, 4.69) is 31.3 Å². The Hall–Kier alpha value is -4.04. The first-order valence-electron chi connectivity index (χ1n) is 16.8. The summed E-state index contributed by atoms with van der Waals surface area (Å²) in [6, 6.07) is 10.2. The standard InChI is InChI=1S/C37H38F2N6O2/c1-2-22-4-3-5-23-12-26(46)13-27(30(22)23)31-29(38)14-28-33(32(31)39)42-35(43-34(28)45-15-24-6-7-25(16-45)41-24)47-21-36(8-9-36)18-44-19-37(20-44)10-11-40-17-37/h1,3-5,12-14,24-25,40-41,46H,6-11,15-21H2. The molecule has 1 aliphatic carbocycles. The Balaban J connectivity index is 1.11. The first kappa shape index (κ1) is 29.1. The summed E-state index contributed by atoms with van der Waals surface area (Å²) >= 11 is 0. The predicted octanol–water partition coefficient (Wildman–Crippen LogP) is 4.81. The summed E-state index contributed by atoms with van der Waals surface area (Å²) in [7, 11) is 0. The average molecular weight is 637 g/mol. The van der Waals surface area contributed by atoms with Crippen molar-refractivity contribution in [2.75, 3.05) is 57.3 Å². The summed E-state index contributed by atoms with van der Waals surface area (Å²) in [6.45, 7) is 7.24. The second-order valence-electron chi connectivity index (χ2n) is 14.7. The number of anilines is 1. The minimum Gasteiger partial charge on any atom is -0.508 e. The molecule has 4 aromatic rings. The third-order valence-electron chi connectivity index (χ3n) is 11.2. The number of aromatic hydroxyl groups is 1. The molecule has 0 amide bonds. The quantitative estimate of drug-likeness (QED) is 0.250. The molecule has 4 saturated heterocycles. The highest BCUT2D eigenvalue weighted by atomic mass is 19.1. The van der Waals surface area contributed by atoms with E-state index in [-0.39, 0.29) is 33.8 Å². The van der Waals surface area contributed by atoms with Crippen LogP contribution in [0.1, 0.15) is 37.7 Å². The van der Waals surface area contributed by atoms with Crippen molar-refractivity contribution in [1.82, 2.24) is 25.5 Å². The van der Waals surface area contributed by atoms with Gasteiger partial charge in [-0.3, -0.25) is 0 Å². The number of hydrogen-bond acceptors (Lipinski definition) is 8. The van der Waals surface area contributed by atoms with Crippen molar-refractivity contribution < 1.29 is 18.6 Å². The van der Waals surface area contributed by atoms with Gasteiger partial charge in [-0.15, -0.1) is 6.42 Å². The molecule has 2 unspecified atom stereocenters. The zero-order valence-electron chi connectivity index (χ0n) is 26.3. The molecule has 5 fully saturated rings. The van der Waals surface area contributed by atoms with Crippen molar-refractivity contribution in [1.29, 1.82) is 0 Å².